The van der Waals surface area contributed by atoms with Crippen molar-refractivity contribution in [2.75, 3.05) is 19.0 Å². The molecule has 0 bridgehead atoms. The highest BCUT2D eigenvalue weighted by Gasteiger charge is 2.11. The Morgan fingerprint density at radius 3 is 2.14 bits per heavy atom. The first kappa shape index (κ1) is 20.4. The lowest BCUT2D eigenvalue weighted by molar-refractivity contribution is 0.102. The van der Waals surface area contributed by atoms with Crippen molar-refractivity contribution in [2.45, 2.75) is 20.5 Å². The molecule has 150 valence electrons. The summed E-state index contributed by atoms with van der Waals surface area (Å²) in [5, 5.41) is 2.88. The fraction of sp³-hybridized carbons (Fsp3) is 0.217. The number of anilines is 1. The Bertz CT molecular complexity index is 954. The van der Waals surface area contributed by atoms with Crippen molar-refractivity contribution in [3.63, 3.8) is 0 Å². The number of carbonyl (C=O) groups excluding carboxylic acids is 1. The van der Waals surface area contributed by atoms with Crippen LogP contribution >= 0.6 is 0 Å². The molecule has 6 nitrogen and oxygen atoms in total. The molecule has 6 heteroatoms. The van der Waals surface area contributed by atoms with Crippen LogP contribution in [0.15, 0.2) is 60.7 Å². The van der Waals surface area contributed by atoms with Crippen molar-refractivity contribution in [1.29, 1.82) is 0 Å². The number of hydrogen-bond donors (Lipinski definition) is 1. The Kier molecular flexibility index (Phi) is 6.81. The van der Waals surface area contributed by atoms with E-state index in [9.17, 15) is 4.79 Å². The summed E-state index contributed by atoms with van der Waals surface area (Å²) in [6, 6.07) is 18.2. The number of aromatic nitrogens is 1. The summed E-state index contributed by atoms with van der Waals surface area (Å²) in [5.41, 5.74) is 2.65. The van der Waals surface area contributed by atoms with E-state index in [1.165, 1.54) is 0 Å². The molecule has 1 heterocycles. The predicted octanol–water partition coefficient (Wildman–Crippen LogP) is 4.98. The quantitative estimate of drug-likeness (QED) is 0.585. The minimum Gasteiger partial charge on any atom is -0.494 e. The van der Waals surface area contributed by atoms with E-state index in [1.54, 1.807) is 43.5 Å². The zero-order valence-corrected chi connectivity index (χ0v) is 16.8. The Morgan fingerprint density at radius 1 is 0.931 bits per heavy atom. The van der Waals surface area contributed by atoms with Crippen LogP contribution in [0, 0.1) is 6.92 Å². The lowest BCUT2D eigenvalue weighted by Gasteiger charge is -2.10. The normalized spacial score (nSPS) is 10.4. The molecule has 3 aromatic rings. The van der Waals surface area contributed by atoms with E-state index in [-0.39, 0.29) is 5.91 Å². The number of amides is 1. The highest BCUT2D eigenvalue weighted by atomic mass is 16.5. The lowest BCUT2D eigenvalue weighted by Crippen LogP contribution is -2.14. The van der Waals surface area contributed by atoms with Crippen LogP contribution in [0.1, 0.15) is 28.7 Å². The summed E-state index contributed by atoms with van der Waals surface area (Å²) in [4.78, 5) is 16.9. The zero-order valence-electron chi connectivity index (χ0n) is 16.8. The third-order valence-electron chi connectivity index (χ3n) is 4.16. The van der Waals surface area contributed by atoms with Gasteiger partial charge < -0.3 is 19.5 Å². The van der Waals surface area contributed by atoms with Crippen molar-refractivity contribution in [2.24, 2.45) is 0 Å². The van der Waals surface area contributed by atoms with Gasteiger partial charge in [0, 0.05) is 12.8 Å². The highest BCUT2D eigenvalue weighted by Crippen LogP contribution is 2.25. The van der Waals surface area contributed by atoms with E-state index in [1.807, 2.05) is 38.1 Å². The Hall–Kier alpha value is -3.38. The molecule has 0 saturated carbocycles. The standard InChI is InChI=1S/C23H24N2O4/c1-4-28-19-10-12-21(13-11-19)29-20-8-5-17(6-9-20)25-23(26)22-14-7-18(15-27-3)24-16(22)2/h5-14H,4,15H2,1-3H3,(H,25,26). The van der Waals surface area contributed by atoms with Gasteiger partial charge in [0.1, 0.15) is 17.2 Å². The zero-order chi connectivity index (χ0) is 20.6. The van der Waals surface area contributed by atoms with E-state index in [2.05, 4.69) is 10.3 Å². The van der Waals surface area contributed by atoms with E-state index in [0.717, 1.165) is 11.4 Å². The van der Waals surface area contributed by atoms with Gasteiger partial charge in [-0.05, 0) is 74.5 Å². The maximum absolute atomic E-state index is 12.5. The van der Waals surface area contributed by atoms with Gasteiger partial charge in [0.2, 0.25) is 0 Å². The molecule has 0 fully saturated rings. The second-order valence-corrected chi connectivity index (χ2v) is 6.35. The first-order valence-electron chi connectivity index (χ1n) is 9.36. The fourth-order valence-electron chi connectivity index (χ4n) is 2.79. The lowest BCUT2D eigenvalue weighted by atomic mass is 10.1. The summed E-state index contributed by atoms with van der Waals surface area (Å²) >= 11 is 0. The molecular formula is C23H24N2O4. The number of nitrogens with zero attached hydrogens (tertiary/aromatic N) is 1. The molecule has 1 aromatic heterocycles. The summed E-state index contributed by atoms with van der Waals surface area (Å²) in [7, 11) is 1.61. The van der Waals surface area contributed by atoms with Crippen molar-refractivity contribution in [3.8, 4) is 17.2 Å². The third kappa shape index (κ3) is 5.56. The van der Waals surface area contributed by atoms with Gasteiger partial charge in [-0.25, -0.2) is 0 Å². The molecule has 29 heavy (non-hydrogen) atoms. The number of rotatable bonds is 8. The molecule has 0 aliphatic carbocycles. The highest BCUT2D eigenvalue weighted by molar-refractivity contribution is 6.05. The SMILES string of the molecule is CCOc1ccc(Oc2ccc(NC(=O)c3ccc(COC)nc3C)cc2)cc1. The Balaban J connectivity index is 1.62. The maximum Gasteiger partial charge on any atom is 0.257 e. The van der Waals surface area contributed by atoms with Crippen molar-refractivity contribution in [1.82, 2.24) is 4.98 Å². The smallest absolute Gasteiger partial charge is 0.257 e. The van der Waals surface area contributed by atoms with Gasteiger partial charge in [-0.15, -0.1) is 0 Å². The second-order valence-electron chi connectivity index (χ2n) is 6.35. The number of aryl methyl sites for hydroxylation is 1. The fourth-order valence-corrected chi connectivity index (χ4v) is 2.79. The van der Waals surface area contributed by atoms with Gasteiger partial charge in [0.15, 0.2) is 0 Å². The molecular weight excluding hydrogens is 368 g/mol. The average Bonchev–Trinajstić information content (AvgIpc) is 2.71. The van der Waals surface area contributed by atoms with Crippen LogP contribution in [-0.2, 0) is 11.3 Å². The van der Waals surface area contributed by atoms with E-state index in [4.69, 9.17) is 14.2 Å². The first-order chi connectivity index (χ1) is 14.1. The molecule has 0 unspecified atom stereocenters. The molecule has 0 radical (unpaired) electrons. The van der Waals surface area contributed by atoms with Crippen LogP contribution in [0.4, 0.5) is 5.69 Å². The third-order valence-corrected chi connectivity index (χ3v) is 4.16. The van der Waals surface area contributed by atoms with Crippen molar-refractivity contribution in [3.05, 3.63) is 77.6 Å². The van der Waals surface area contributed by atoms with E-state index >= 15 is 0 Å². The summed E-state index contributed by atoms with van der Waals surface area (Å²) < 4.78 is 16.3. The largest absolute Gasteiger partial charge is 0.494 e. The number of benzene rings is 2. The Morgan fingerprint density at radius 2 is 1.55 bits per heavy atom. The molecule has 2 aromatic carbocycles. The van der Waals surface area contributed by atoms with Crippen LogP contribution < -0.4 is 14.8 Å². The van der Waals surface area contributed by atoms with Crippen LogP contribution in [0.3, 0.4) is 0 Å². The van der Waals surface area contributed by atoms with Crippen molar-refractivity contribution >= 4 is 11.6 Å². The van der Waals surface area contributed by atoms with Gasteiger partial charge in [0.05, 0.1) is 30.2 Å². The van der Waals surface area contributed by atoms with E-state index in [0.29, 0.717) is 41.7 Å². The molecule has 1 N–H and O–H groups in total. The van der Waals surface area contributed by atoms with Gasteiger partial charge in [-0.3, -0.25) is 9.78 Å². The number of pyridine rings is 1. The van der Waals surface area contributed by atoms with Gasteiger partial charge in [-0.1, -0.05) is 0 Å². The number of methoxy groups -OCH3 is 1. The first-order valence-corrected chi connectivity index (χ1v) is 9.36. The summed E-state index contributed by atoms with van der Waals surface area (Å²) in [6.45, 7) is 4.79. The second kappa shape index (κ2) is 9.71. The molecule has 3 rings (SSSR count). The van der Waals surface area contributed by atoms with E-state index < -0.39 is 0 Å². The monoisotopic (exact) mass is 392 g/mol. The summed E-state index contributed by atoms with van der Waals surface area (Å²) in [5.74, 6) is 1.98. The number of hydrogen-bond acceptors (Lipinski definition) is 5. The maximum atomic E-state index is 12.5. The molecule has 1 amide bonds. The predicted molar refractivity (Wildman–Crippen MR) is 112 cm³/mol. The number of nitrogens with one attached hydrogen (secondary N) is 1. The van der Waals surface area contributed by atoms with Gasteiger partial charge in [0.25, 0.3) is 5.91 Å². The number of ether oxygens (including phenoxy) is 3. The van der Waals surface area contributed by atoms with Gasteiger partial charge in [-0.2, -0.15) is 0 Å². The molecule has 0 spiro atoms. The van der Waals surface area contributed by atoms with Crippen LogP contribution in [0.2, 0.25) is 0 Å². The topological polar surface area (TPSA) is 69.7 Å². The summed E-state index contributed by atoms with van der Waals surface area (Å²) in [6.07, 6.45) is 0. The van der Waals surface area contributed by atoms with Gasteiger partial charge >= 0.3 is 0 Å². The average molecular weight is 392 g/mol. The molecule has 0 atom stereocenters. The van der Waals surface area contributed by atoms with Crippen molar-refractivity contribution < 1.29 is 19.0 Å². The number of carbonyl (C=O) groups is 1. The Labute approximate surface area is 170 Å². The molecule has 0 saturated heterocycles. The minimum atomic E-state index is -0.209. The van der Waals surface area contributed by atoms with Crippen LogP contribution in [0.5, 0.6) is 17.2 Å². The minimum absolute atomic E-state index is 0.209. The van der Waals surface area contributed by atoms with Crippen LogP contribution in [-0.4, -0.2) is 24.6 Å². The molecule has 0 aliphatic heterocycles. The van der Waals surface area contributed by atoms with Crippen LogP contribution in [0.25, 0.3) is 0 Å². The molecule has 0 aliphatic rings.